The van der Waals surface area contributed by atoms with Gasteiger partial charge in [0.1, 0.15) is 18.6 Å². The highest BCUT2D eigenvalue weighted by Gasteiger charge is 1.96. The van der Waals surface area contributed by atoms with Crippen molar-refractivity contribution in [2.24, 2.45) is 0 Å². The zero-order chi connectivity index (χ0) is 19.4. The first-order chi connectivity index (χ1) is 13.4. The van der Waals surface area contributed by atoms with E-state index in [0.29, 0.717) is 58.4 Å². The lowest BCUT2D eigenvalue weighted by molar-refractivity contribution is -0.00486. The molecular weight excluding hydrogens is 348 g/mol. The fraction of sp³-hybridized carbons (Fsp3) is 0.667. The number of hydrogen-bond acceptors (Lipinski definition) is 6. The topological polar surface area (TPSA) is 63.2 Å². The number of unbranched alkanes of at least 4 members (excludes halogenated alkanes) is 3. The van der Waals surface area contributed by atoms with E-state index in [-0.39, 0.29) is 0 Å². The van der Waals surface area contributed by atoms with E-state index in [0.717, 1.165) is 25.1 Å². The number of ether oxygens (including phenoxy) is 5. The summed E-state index contributed by atoms with van der Waals surface area (Å²) in [5.41, 5.74) is 0.634. The summed E-state index contributed by atoms with van der Waals surface area (Å²) in [7, 11) is 0. The minimum atomic E-state index is 0.460. The molecule has 0 saturated carbocycles. The van der Waals surface area contributed by atoms with Crippen LogP contribution in [0.5, 0.6) is 5.75 Å². The average Bonchev–Trinajstić information content (AvgIpc) is 2.70. The maximum atomic E-state index is 10.6. The van der Waals surface area contributed by atoms with Gasteiger partial charge in [0.25, 0.3) is 0 Å². The number of carbonyl (C=O) groups is 1. The number of hydrogen-bond donors (Lipinski definition) is 0. The van der Waals surface area contributed by atoms with Crippen LogP contribution in [-0.4, -0.2) is 65.7 Å². The Morgan fingerprint density at radius 3 is 1.70 bits per heavy atom. The van der Waals surface area contributed by atoms with Gasteiger partial charge in [-0.2, -0.15) is 0 Å². The first-order valence-electron chi connectivity index (χ1n) is 9.86. The van der Waals surface area contributed by atoms with E-state index in [4.69, 9.17) is 23.7 Å². The second-order valence-electron chi connectivity index (χ2n) is 6.05. The lowest BCUT2D eigenvalue weighted by Crippen LogP contribution is -2.13. The molecule has 0 bridgehead atoms. The summed E-state index contributed by atoms with van der Waals surface area (Å²) in [5, 5.41) is 0. The van der Waals surface area contributed by atoms with Crippen LogP contribution in [0, 0.1) is 0 Å². The van der Waals surface area contributed by atoms with Crippen molar-refractivity contribution >= 4 is 6.29 Å². The molecule has 0 radical (unpaired) electrons. The maximum absolute atomic E-state index is 10.6. The molecule has 0 fully saturated rings. The normalized spacial score (nSPS) is 10.9. The van der Waals surface area contributed by atoms with Gasteiger partial charge in [0.05, 0.1) is 46.2 Å². The minimum Gasteiger partial charge on any atom is -0.491 e. The Morgan fingerprint density at radius 1 is 0.667 bits per heavy atom. The molecule has 27 heavy (non-hydrogen) atoms. The third-order valence-corrected chi connectivity index (χ3v) is 3.77. The minimum absolute atomic E-state index is 0.460. The van der Waals surface area contributed by atoms with Crippen LogP contribution in [-0.2, 0) is 18.9 Å². The fourth-order valence-electron chi connectivity index (χ4n) is 2.25. The molecule has 0 unspecified atom stereocenters. The van der Waals surface area contributed by atoms with Gasteiger partial charge >= 0.3 is 0 Å². The molecule has 0 aliphatic carbocycles. The van der Waals surface area contributed by atoms with Crippen LogP contribution < -0.4 is 4.74 Å². The summed E-state index contributed by atoms with van der Waals surface area (Å²) in [4.78, 5) is 10.6. The van der Waals surface area contributed by atoms with Gasteiger partial charge in [-0.1, -0.05) is 26.2 Å². The van der Waals surface area contributed by atoms with E-state index in [2.05, 4.69) is 6.92 Å². The summed E-state index contributed by atoms with van der Waals surface area (Å²) >= 11 is 0. The fourth-order valence-corrected chi connectivity index (χ4v) is 2.25. The molecule has 1 aromatic carbocycles. The monoisotopic (exact) mass is 382 g/mol. The first-order valence-corrected chi connectivity index (χ1v) is 9.86. The van der Waals surface area contributed by atoms with Crippen molar-refractivity contribution in [3.63, 3.8) is 0 Å². The quantitative estimate of drug-likeness (QED) is 0.269. The smallest absolute Gasteiger partial charge is 0.150 e. The third-order valence-electron chi connectivity index (χ3n) is 3.77. The molecule has 0 aliphatic rings. The van der Waals surface area contributed by atoms with Gasteiger partial charge in [-0.05, 0) is 30.7 Å². The molecule has 0 aliphatic heterocycles. The summed E-state index contributed by atoms with van der Waals surface area (Å²) < 4.78 is 27.3. The zero-order valence-corrected chi connectivity index (χ0v) is 16.5. The first kappa shape index (κ1) is 23.6. The van der Waals surface area contributed by atoms with Crippen LogP contribution in [0.3, 0.4) is 0 Å². The Morgan fingerprint density at radius 2 is 1.19 bits per heavy atom. The molecule has 0 amide bonds. The van der Waals surface area contributed by atoms with Gasteiger partial charge in [-0.3, -0.25) is 4.79 Å². The molecule has 0 atom stereocenters. The van der Waals surface area contributed by atoms with Crippen molar-refractivity contribution in [3.05, 3.63) is 29.8 Å². The number of benzene rings is 1. The highest BCUT2D eigenvalue weighted by Crippen LogP contribution is 2.10. The van der Waals surface area contributed by atoms with E-state index in [1.807, 2.05) is 0 Å². The lowest BCUT2D eigenvalue weighted by Gasteiger charge is -2.08. The summed E-state index contributed by atoms with van der Waals surface area (Å²) in [5.74, 6) is 0.725. The standard InChI is InChI=1S/C21H34O6/c1-2-3-4-5-10-23-11-12-24-13-14-25-15-16-26-17-18-27-21-8-6-20(19-22)7-9-21/h6-9,19H,2-5,10-18H2,1H3. The van der Waals surface area contributed by atoms with Crippen LogP contribution in [0.1, 0.15) is 43.0 Å². The third kappa shape index (κ3) is 14.3. The number of carbonyl (C=O) groups excluding carboxylic acids is 1. The molecule has 1 rings (SSSR count). The molecule has 0 saturated heterocycles. The predicted molar refractivity (Wildman–Crippen MR) is 105 cm³/mol. The van der Waals surface area contributed by atoms with Crippen molar-refractivity contribution < 1.29 is 28.5 Å². The molecule has 6 heteroatoms. The molecule has 0 heterocycles. The van der Waals surface area contributed by atoms with E-state index < -0.39 is 0 Å². The molecule has 6 nitrogen and oxygen atoms in total. The highest BCUT2D eigenvalue weighted by atomic mass is 16.6. The van der Waals surface area contributed by atoms with Gasteiger partial charge in [0.15, 0.2) is 0 Å². The molecule has 0 spiro atoms. The van der Waals surface area contributed by atoms with E-state index >= 15 is 0 Å². The Kier molecular flexibility index (Phi) is 15.6. The second-order valence-corrected chi connectivity index (χ2v) is 6.05. The van der Waals surface area contributed by atoms with Crippen molar-refractivity contribution in [1.82, 2.24) is 0 Å². The summed E-state index contributed by atoms with van der Waals surface area (Å²) in [6.45, 7) is 7.41. The Hall–Kier alpha value is -1.47. The summed E-state index contributed by atoms with van der Waals surface area (Å²) in [6, 6.07) is 6.98. The molecule has 0 N–H and O–H groups in total. The lowest BCUT2D eigenvalue weighted by atomic mass is 10.2. The van der Waals surface area contributed by atoms with Crippen LogP contribution >= 0.6 is 0 Å². The second kappa shape index (κ2) is 17.9. The van der Waals surface area contributed by atoms with Crippen LogP contribution in [0.2, 0.25) is 0 Å². The van der Waals surface area contributed by atoms with Crippen LogP contribution in [0.15, 0.2) is 24.3 Å². The zero-order valence-electron chi connectivity index (χ0n) is 16.5. The van der Waals surface area contributed by atoms with E-state index in [1.165, 1.54) is 19.3 Å². The maximum Gasteiger partial charge on any atom is 0.150 e. The van der Waals surface area contributed by atoms with E-state index in [1.54, 1.807) is 24.3 Å². The van der Waals surface area contributed by atoms with Gasteiger partial charge in [-0.15, -0.1) is 0 Å². The van der Waals surface area contributed by atoms with Gasteiger partial charge < -0.3 is 23.7 Å². The Bertz CT molecular complexity index is 448. The summed E-state index contributed by atoms with van der Waals surface area (Å²) in [6.07, 6.45) is 5.72. The molecular formula is C21H34O6. The Labute approximate surface area is 163 Å². The number of aldehydes is 1. The van der Waals surface area contributed by atoms with Gasteiger partial charge in [-0.25, -0.2) is 0 Å². The number of rotatable bonds is 19. The SMILES string of the molecule is CCCCCCOCCOCCOCCOCCOc1ccc(C=O)cc1. The van der Waals surface area contributed by atoms with E-state index in [9.17, 15) is 4.79 Å². The highest BCUT2D eigenvalue weighted by molar-refractivity contribution is 5.74. The Balaban J connectivity index is 1.76. The predicted octanol–water partition coefficient (Wildman–Crippen LogP) is 3.52. The van der Waals surface area contributed by atoms with Crippen molar-refractivity contribution in [1.29, 1.82) is 0 Å². The van der Waals surface area contributed by atoms with Crippen molar-refractivity contribution in [2.45, 2.75) is 32.6 Å². The van der Waals surface area contributed by atoms with Gasteiger partial charge in [0.2, 0.25) is 0 Å². The van der Waals surface area contributed by atoms with Crippen LogP contribution in [0.25, 0.3) is 0 Å². The van der Waals surface area contributed by atoms with Gasteiger partial charge in [0, 0.05) is 12.2 Å². The average molecular weight is 382 g/mol. The molecule has 154 valence electrons. The van der Waals surface area contributed by atoms with Crippen molar-refractivity contribution in [2.75, 3.05) is 59.5 Å². The van der Waals surface area contributed by atoms with Crippen LogP contribution in [0.4, 0.5) is 0 Å². The molecule has 0 aromatic heterocycles. The largest absolute Gasteiger partial charge is 0.491 e. The van der Waals surface area contributed by atoms with Crippen molar-refractivity contribution in [3.8, 4) is 5.75 Å². The molecule has 1 aromatic rings.